The second-order valence-electron chi connectivity index (χ2n) is 4.47. The van der Waals surface area contributed by atoms with Crippen molar-refractivity contribution >= 4 is 35.0 Å². The molecule has 0 atom stereocenters. The minimum Gasteiger partial charge on any atom is -0.313 e. The van der Waals surface area contributed by atoms with Crippen LogP contribution in [0.2, 0.25) is 10.0 Å². The monoisotopic (exact) mass is 325 g/mol. The standard InChI is InChI=1S/C16H17Cl2NS/c1-2-9-19-11-12-7-8-16(14(18)10-12)20-15-6-4-3-5-13(15)17/h3-8,10,19H,2,9,11H2,1H3. The molecule has 0 aliphatic heterocycles. The normalized spacial score (nSPS) is 10.8. The first-order valence-electron chi connectivity index (χ1n) is 6.62. The lowest BCUT2D eigenvalue weighted by atomic mass is 10.2. The average Bonchev–Trinajstić information content (AvgIpc) is 2.44. The van der Waals surface area contributed by atoms with Crippen LogP contribution in [0.1, 0.15) is 18.9 Å². The summed E-state index contributed by atoms with van der Waals surface area (Å²) in [5.74, 6) is 0. The zero-order valence-electron chi connectivity index (χ0n) is 11.3. The first kappa shape index (κ1) is 15.7. The predicted octanol–water partition coefficient (Wildman–Crippen LogP) is 5.64. The molecule has 2 rings (SSSR count). The van der Waals surface area contributed by atoms with E-state index in [1.165, 1.54) is 5.56 Å². The van der Waals surface area contributed by atoms with E-state index in [0.717, 1.165) is 39.3 Å². The SMILES string of the molecule is CCCNCc1ccc(Sc2ccccc2Cl)c(Cl)c1. The van der Waals surface area contributed by atoms with Gasteiger partial charge in [-0.3, -0.25) is 0 Å². The Balaban J connectivity index is 2.08. The second-order valence-corrected chi connectivity index (χ2v) is 6.37. The Morgan fingerprint density at radius 2 is 1.75 bits per heavy atom. The Labute approximate surface area is 134 Å². The summed E-state index contributed by atoms with van der Waals surface area (Å²) < 4.78 is 0. The fourth-order valence-electron chi connectivity index (χ4n) is 1.79. The van der Waals surface area contributed by atoms with Crippen molar-refractivity contribution in [2.45, 2.75) is 29.7 Å². The maximum atomic E-state index is 6.35. The molecule has 0 saturated heterocycles. The first-order valence-corrected chi connectivity index (χ1v) is 8.19. The lowest BCUT2D eigenvalue weighted by Crippen LogP contribution is -2.13. The molecule has 0 amide bonds. The Morgan fingerprint density at radius 1 is 1.00 bits per heavy atom. The van der Waals surface area contributed by atoms with Crippen LogP contribution in [0.5, 0.6) is 0 Å². The number of benzene rings is 2. The molecule has 0 heterocycles. The summed E-state index contributed by atoms with van der Waals surface area (Å²) in [6, 6.07) is 14.0. The fraction of sp³-hybridized carbons (Fsp3) is 0.250. The van der Waals surface area contributed by atoms with Crippen LogP contribution in [0.3, 0.4) is 0 Å². The van der Waals surface area contributed by atoms with Gasteiger partial charge < -0.3 is 5.32 Å². The van der Waals surface area contributed by atoms with Crippen molar-refractivity contribution < 1.29 is 0 Å². The van der Waals surface area contributed by atoms with Crippen molar-refractivity contribution in [2.24, 2.45) is 0 Å². The molecule has 0 saturated carbocycles. The molecule has 0 aliphatic rings. The summed E-state index contributed by atoms with van der Waals surface area (Å²) in [6.07, 6.45) is 1.13. The van der Waals surface area contributed by atoms with Crippen molar-refractivity contribution in [3.05, 3.63) is 58.1 Å². The smallest absolute Gasteiger partial charge is 0.0548 e. The van der Waals surface area contributed by atoms with E-state index in [4.69, 9.17) is 23.2 Å². The molecular weight excluding hydrogens is 309 g/mol. The van der Waals surface area contributed by atoms with Gasteiger partial charge in [0.05, 0.1) is 10.0 Å². The van der Waals surface area contributed by atoms with Crippen molar-refractivity contribution in [3.8, 4) is 0 Å². The van der Waals surface area contributed by atoms with Crippen LogP contribution >= 0.6 is 35.0 Å². The van der Waals surface area contributed by atoms with E-state index in [0.29, 0.717) is 0 Å². The maximum absolute atomic E-state index is 6.35. The lowest BCUT2D eigenvalue weighted by Gasteiger charge is -2.09. The molecule has 0 unspecified atom stereocenters. The second kappa shape index (κ2) is 7.94. The van der Waals surface area contributed by atoms with Crippen molar-refractivity contribution in [1.29, 1.82) is 0 Å². The molecule has 2 aromatic rings. The molecular formula is C16H17Cl2NS. The van der Waals surface area contributed by atoms with Gasteiger partial charge in [0, 0.05) is 16.3 Å². The number of nitrogens with one attached hydrogen (secondary N) is 1. The molecule has 106 valence electrons. The molecule has 2 aromatic carbocycles. The van der Waals surface area contributed by atoms with E-state index >= 15 is 0 Å². The van der Waals surface area contributed by atoms with E-state index in [-0.39, 0.29) is 0 Å². The number of hydrogen-bond acceptors (Lipinski definition) is 2. The fourth-order valence-corrected chi connectivity index (χ4v) is 3.20. The highest BCUT2D eigenvalue weighted by atomic mass is 35.5. The van der Waals surface area contributed by atoms with Crippen LogP contribution in [0.25, 0.3) is 0 Å². The molecule has 1 nitrogen and oxygen atoms in total. The highest BCUT2D eigenvalue weighted by Gasteiger charge is 2.06. The van der Waals surface area contributed by atoms with E-state index in [1.807, 2.05) is 30.3 Å². The third kappa shape index (κ3) is 4.42. The summed E-state index contributed by atoms with van der Waals surface area (Å²) in [4.78, 5) is 2.05. The highest BCUT2D eigenvalue weighted by Crippen LogP contribution is 2.37. The van der Waals surface area contributed by atoms with Crippen molar-refractivity contribution in [2.75, 3.05) is 6.54 Å². The van der Waals surface area contributed by atoms with Crippen LogP contribution in [-0.4, -0.2) is 6.54 Å². The van der Waals surface area contributed by atoms with Crippen LogP contribution in [0.15, 0.2) is 52.3 Å². The summed E-state index contributed by atoms with van der Waals surface area (Å²) in [5.41, 5.74) is 1.20. The van der Waals surface area contributed by atoms with Crippen LogP contribution in [-0.2, 0) is 6.54 Å². The van der Waals surface area contributed by atoms with Gasteiger partial charge in [0.15, 0.2) is 0 Å². The summed E-state index contributed by atoms with van der Waals surface area (Å²) in [7, 11) is 0. The summed E-state index contributed by atoms with van der Waals surface area (Å²) >= 11 is 14.1. The minimum absolute atomic E-state index is 0.752. The van der Waals surface area contributed by atoms with Gasteiger partial charge in [0.1, 0.15) is 0 Å². The van der Waals surface area contributed by atoms with Crippen molar-refractivity contribution in [3.63, 3.8) is 0 Å². The molecule has 0 aliphatic carbocycles. The van der Waals surface area contributed by atoms with Gasteiger partial charge in [-0.1, -0.05) is 60.1 Å². The molecule has 0 fully saturated rings. The van der Waals surface area contributed by atoms with Gasteiger partial charge in [0.2, 0.25) is 0 Å². The Bertz CT molecular complexity index is 572. The van der Waals surface area contributed by atoms with Gasteiger partial charge in [-0.15, -0.1) is 0 Å². The van der Waals surface area contributed by atoms with Crippen molar-refractivity contribution in [1.82, 2.24) is 5.32 Å². The van der Waals surface area contributed by atoms with Gasteiger partial charge in [0.25, 0.3) is 0 Å². The lowest BCUT2D eigenvalue weighted by molar-refractivity contribution is 0.675. The maximum Gasteiger partial charge on any atom is 0.0548 e. The van der Waals surface area contributed by atoms with Gasteiger partial charge >= 0.3 is 0 Å². The van der Waals surface area contributed by atoms with Gasteiger partial charge in [-0.2, -0.15) is 0 Å². The molecule has 0 bridgehead atoms. The van der Waals surface area contributed by atoms with E-state index in [2.05, 4.69) is 24.4 Å². The molecule has 0 spiro atoms. The first-order chi connectivity index (χ1) is 9.70. The highest BCUT2D eigenvalue weighted by molar-refractivity contribution is 7.99. The number of halogens is 2. The molecule has 0 aromatic heterocycles. The summed E-state index contributed by atoms with van der Waals surface area (Å²) in [6.45, 7) is 4.03. The molecule has 0 radical (unpaired) electrons. The van der Waals surface area contributed by atoms with E-state index in [1.54, 1.807) is 11.8 Å². The third-order valence-corrected chi connectivity index (χ3v) is 4.83. The van der Waals surface area contributed by atoms with Gasteiger partial charge in [-0.25, -0.2) is 0 Å². The average molecular weight is 326 g/mol. The minimum atomic E-state index is 0.752. The van der Waals surface area contributed by atoms with Crippen LogP contribution < -0.4 is 5.32 Å². The van der Waals surface area contributed by atoms with E-state index < -0.39 is 0 Å². The van der Waals surface area contributed by atoms with Crippen LogP contribution in [0.4, 0.5) is 0 Å². The summed E-state index contributed by atoms with van der Waals surface area (Å²) in [5, 5.41) is 4.89. The topological polar surface area (TPSA) is 12.0 Å². The Morgan fingerprint density at radius 3 is 2.45 bits per heavy atom. The van der Waals surface area contributed by atoms with E-state index in [9.17, 15) is 0 Å². The van der Waals surface area contributed by atoms with Crippen LogP contribution in [0, 0.1) is 0 Å². The molecule has 4 heteroatoms. The zero-order chi connectivity index (χ0) is 14.4. The molecule has 20 heavy (non-hydrogen) atoms. The predicted molar refractivity (Wildman–Crippen MR) is 89.0 cm³/mol. The largest absolute Gasteiger partial charge is 0.313 e. The Hall–Kier alpha value is -0.670. The third-order valence-electron chi connectivity index (χ3n) is 2.81. The van der Waals surface area contributed by atoms with Gasteiger partial charge in [-0.05, 0) is 42.8 Å². The zero-order valence-corrected chi connectivity index (χ0v) is 13.7. The number of hydrogen-bond donors (Lipinski definition) is 1. The molecule has 1 N–H and O–H groups in total. The Kier molecular flexibility index (Phi) is 6.24. The number of rotatable bonds is 6. The quantitative estimate of drug-likeness (QED) is 0.689.